The van der Waals surface area contributed by atoms with E-state index in [0.717, 1.165) is 9.79 Å². The Hall–Kier alpha value is -1.52. The average molecular weight is 304 g/mol. The van der Waals surface area contributed by atoms with Crippen molar-refractivity contribution in [1.82, 2.24) is 0 Å². The summed E-state index contributed by atoms with van der Waals surface area (Å²) in [5.74, 6) is 0.909. The minimum atomic E-state index is -1.03. The first-order chi connectivity index (χ1) is 9.77. The fraction of sp³-hybridized carbons (Fsp3) is 0.125. The third-order valence-electron chi connectivity index (χ3n) is 2.67. The molecule has 2 aromatic rings. The molecule has 0 amide bonds. The van der Waals surface area contributed by atoms with Crippen molar-refractivity contribution >= 4 is 21.6 Å². The molecule has 104 valence electrons. The van der Waals surface area contributed by atoms with Gasteiger partial charge in [-0.15, -0.1) is 0 Å². The smallest absolute Gasteiger partial charge is 0.0567 e. The van der Waals surface area contributed by atoms with Gasteiger partial charge < -0.3 is 0 Å². The zero-order valence-corrected chi connectivity index (χ0v) is 12.6. The van der Waals surface area contributed by atoms with Gasteiger partial charge in [-0.3, -0.25) is 8.42 Å². The first-order valence-corrected chi connectivity index (χ1v) is 8.93. The summed E-state index contributed by atoms with van der Waals surface area (Å²) in [7, 11) is -2.06. The molecule has 0 spiro atoms. The van der Waals surface area contributed by atoms with Gasteiger partial charge >= 0.3 is 0 Å². The van der Waals surface area contributed by atoms with Crippen LogP contribution in [-0.2, 0) is 21.6 Å². The summed E-state index contributed by atoms with van der Waals surface area (Å²) in [6.07, 6.45) is 3.67. The maximum absolute atomic E-state index is 11.9. The van der Waals surface area contributed by atoms with Crippen molar-refractivity contribution in [2.75, 3.05) is 11.5 Å². The van der Waals surface area contributed by atoms with Crippen LogP contribution in [-0.4, -0.2) is 19.9 Å². The zero-order valence-electron chi connectivity index (χ0n) is 11.0. The van der Waals surface area contributed by atoms with Crippen LogP contribution in [0.1, 0.15) is 0 Å². The molecule has 0 saturated heterocycles. The van der Waals surface area contributed by atoms with E-state index in [1.807, 2.05) is 72.8 Å². The highest BCUT2D eigenvalue weighted by Gasteiger charge is 2.01. The highest BCUT2D eigenvalue weighted by molar-refractivity contribution is 7.85. The van der Waals surface area contributed by atoms with Gasteiger partial charge in [0.25, 0.3) is 0 Å². The van der Waals surface area contributed by atoms with Gasteiger partial charge in [0.05, 0.1) is 21.6 Å². The van der Waals surface area contributed by atoms with E-state index < -0.39 is 21.6 Å². The van der Waals surface area contributed by atoms with E-state index in [4.69, 9.17) is 0 Å². The van der Waals surface area contributed by atoms with Crippen LogP contribution in [0.4, 0.5) is 0 Å². The maximum Gasteiger partial charge on any atom is 0.0567 e. The Kier molecular flexibility index (Phi) is 5.89. The van der Waals surface area contributed by atoms with E-state index in [1.165, 1.54) is 0 Å². The molecule has 0 saturated carbocycles. The van der Waals surface area contributed by atoms with Crippen LogP contribution in [0.25, 0.3) is 0 Å². The number of hydrogen-bond donors (Lipinski definition) is 0. The Morgan fingerprint density at radius 1 is 0.650 bits per heavy atom. The Balaban J connectivity index is 1.83. The Morgan fingerprint density at radius 2 is 1.00 bits per heavy atom. The van der Waals surface area contributed by atoms with Crippen molar-refractivity contribution in [3.05, 3.63) is 72.8 Å². The van der Waals surface area contributed by atoms with Crippen molar-refractivity contribution in [2.24, 2.45) is 0 Å². The van der Waals surface area contributed by atoms with Crippen LogP contribution in [0, 0.1) is 0 Å². The van der Waals surface area contributed by atoms with Crippen LogP contribution in [0.15, 0.2) is 82.6 Å². The highest BCUT2D eigenvalue weighted by Crippen LogP contribution is 2.07. The van der Waals surface area contributed by atoms with Crippen LogP contribution in [0.3, 0.4) is 0 Å². The SMILES string of the molecule is O=S(C/C=C/CS(=O)c1ccccc1)c1ccccc1. The fourth-order valence-corrected chi connectivity index (χ4v) is 3.58. The van der Waals surface area contributed by atoms with Crippen LogP contribution in [0.5, 0.6) is 0 Å². The lowest BCUT2D eigenvalue weighted by molar-refractivity contribution is 0.683. The molecule has 2 unspecified atom stereocenters. The first kappa shape index (κ1) is 14.9. The molecular formula is C16H16O2S2. The second-order valence-electron chi connectivity index (χ2n) is 4.12. The normalized spacial score (nSPS) is 14.2. The van der Waals surface area contributed by atoms with Crippen molar-refractivity contribution in [2.45, 2.75) is 9.79 Å². The van der Waals surface area contributed by atoms with E-state index in [9.17, 15) is 8.42 Å². The average Bonchev–Trinajstić information content (AvgIpc) is 2.53. The molecule has 0 aliphatic carbocycles. The number of benzene rings is 2. The molecule has 4 heteroatoms. The van der Waals surface area contributed by atoms with Gasteiger partial charge in [0.2, 0.25) is 0 Å². The minimum absolute atomic E-state index is 0.454. The molecule has 0 bridgehead atoms. The Bertz CT molecular complexity index is 551. The summed E-state index contributed by atoms with van der Waals surface area (Å²) in [4.78, 5) is 1.64. The van der Waals surface area contributed by atoms with E-state index in [0.29, 0.717) is 11.5 Å². The molecular weight excluding hydrogens is 288 g/mol. The summed E-state index contributed by atoms with van der Waals surface area (Å²) in [6, 6.07) is 18.7. The predicted octanol–water partition coefficient (Wildman–Crippen LogP) is 3.16. The molecule has 0 fully saturated rings. The molecule has 0 N–H and O–H groups in total. The largest absolute Gasteiger partial charge is 0.254 e. The Morgan fingerprint density at radius 3 is 1.35 bits per heavy atom. The quantitative estimate of drug-likeness (QED) is 0.768. The lowest BCUT2D eigenvalue weighted by Crippen LogP contribution is -1.97. The van der Waals surface area contributed by atoms with Crippen molar-refractivity contribution in [3.8, 4) is 0 Å². The van der Waals surface area contributed by atoms with E-state index in [2.05, 4.69) is 0 Å². The van der Waals surface area contributed by atoms with E-state index >= 15 is 0 Å². The summed E-state index contributed by atoms with van der Waals surface area (Å²) in [5, 5.41) is 0. The molecule has 2 aromatic carbocycles. The monoisotopic (exact) mass is 304 g/mol. The van der Waals surface area contributed by atoms with Crippen LogP contribution < -0.4 is 0 Å². The highest BCUT2D eigenvalue weighted by atomic mass is 32.2. The van der Waals surface area contributed by atoms with Gasteiger partial charge in [-0.05, 0) is 24.3 Å². The molecule has 0 aromatic heterocycles. The fourth-order valence-electron chi connectivity index (χ4n) is 1.65. The van der Waals surface area contributed by atoms with Gasteiger partial charge in [0.1, 0.15) is 0 Å². The zero-order chi connectivity index (χ0) is 14.2. The molecule has 2 rings (SSSR count). The number of rotatable bonds is 6. The summed E-state index contributed by atoms with van der Waals surface area (Å²) < 4.78 is 23.9. The van der Waals surface area contributed by atoms with E-state index in [1.54, 1.807) is 0 Å². The third-order valence-corrected chi connectivity index (χ3v) is 5.26. The van der Waals surface area contributed by atoms with Gasteiger partial charge in [-0.25, -0.2) is 0 Å². The van der Waals surface area contributed by atoms with Gasteiger partial charge in [-0.1, -0.05) is 48.6 Å². The number of hydrogen-bond acceptors (Lipinski definition) is 2. The molecule has 0 heterocycles. The molecule has 0 radical (unpaired) electrons. The molecule has 0 aliphatic heterocycles. The molecule has 2 nitrogen and oxygen atoms in total. The van der Waals surface area contributed by atoms with Crippen molar-refractivity contribution in [1.29, 1.82) is 0 Å². The molecule has 20 heavy (non-hydrogen) atoms. The van der Waals surface area contributed by atoms with Crippen molar-refractivity contribution in [3.63, 3.8) is 0 Å². The molecule has 2 atom stereocenters. The van der Waals surface area contributed by atoms with Gasteiger partial charge in [0.15, 0.2) is 0 Å². The lowest BCUT2D eigenvalue weighted by Gasteiger charge is -1.99. The topological polar surface area (TPSA) is 34.1 Å². The van der Waals surface area contributed by atoms with Crippen molar-refractivity contribution < 1.29 is 8.42 Å². The standard InChI is InChI=1S/C16H16O2S2/c17-19(15-9-3-1-4-10-15)13-7-8-14-20(18)16-11-5-2-6-12-16/h1-12H,13-14H2/b8-7+. The summed E-state index contributed by atoms with van der Waals surface area (Å²) in [5.41, 5.74) is 0. The predicted molar refractivity (Wildman–Crippen MR) is 84.6 cm³/mol. The van der Waals surface area contributed by atoms with Gasteiger partial charge in [0, 0.05) is 21.3 Å². The molecule has 0 aliphatic rings. The second kappa shape index (κ2) is 7.92. The maximum atomic E-state index is 11.9. The van der Waals surface area contributed by atoms with Gasteiger partial charge in [-0.2, -0.15) is 0 Å². The van der Waals surface area contributed by atoms with Crippen LogP contribution in [0.2, 0.25) is 0 Å². The van der Waals surface area contributed by atoms with E-state index in [-0.39, 0.29) is 0 Å². The first-order valence-electron chi connectivity index (χ1n) is 6.29. The summed E-state index contributed by atoms with van der Waals surface area (Å²) >= 11 is 0. The third kappa shape index (κ3) is 4.54. The Labute approximate surface area is 124 Å². The van der Waals surface area contributed by atoms with Crippen LogP contribution >= 0.6 is 0 Å². The second-order valence-corrected chi connectivity index (χ2v) is 7.11. The lowest BCUT2D eigenvalue weighted by atomic mass is 10.4. The summed E-state index contributed by atoms with van der Waals surface area (Å²) in [6.45, 7) is 0. The minimum Gasteiger partial charge on any atom is -0.254 e.